The molecule has 0 fully saturated rings. The zero-order chi connectivity index (χ0) is 21.3. The summed E-state index contributed by atoms with van der Waals surface area (Å²) in [5.74, 6) is -1.36. The van der Waals surface area contributed by atoms with Gasteiger partial charge in [-0.2, -0.15) is 0 Å². The summed E-state index contributed by atoms with van der Waals surface area (Å²) in [5.41, 5.74) is 2.84. The van der Waals surface area contributed by atoms with E-state index in [4.69, 9.17) is 11.6 Å². The second-order valence-electron chi connectivity index (χ2n) is 6.85. The van der Waals surface area contributed by atoms with Crippen LogP contribution in [0.4, 0.5) is 10.1 Å². The molecule has 4 rings (SSSR count). The van der Waals surface area contributed by atoms with Gasteiger partial charge in [-0.1, -0.05) is 35.9 Å². The molecular formula is C23H17ClFN3O2. The van der Waals surface area contributed by atoms with Gasteiger partial charge in [-0.3, -0.25) is 19.5 Å². The number of hydrogen-bond acceptors (Lipinski definition) is 4. The Labute approximate surface area is 177 Å². The van der Waals surface area contributed by atoms with Gasteiger partial charge in [0.15, 0.2) is 0 Å². The van der Waals surface area contributed by atoms with Crippen molar-refractivity contribution in [3.05, 3.63) is 100 Å². The van der Waals surface area contributed by atoms with Crippen molar-refractivity contribution in [2.75, 3.05) is 5.32 Å². The van der Waals surface area contributed by atoms with Gasteiger partial charge in [0.2, 0.25) is 0 Å². The molecule has 1 aliphatic heterocycles. The summed E-state index contributed by atoms with van der Waals surface area (Å²) in [7, 11) is 0. The quantitative estimate of drug-likeness (QED) is 0.613. The van der Waals surface area contributed by atoms with Crippen molar-refractivity contribution in [3.63, 3.8) is 0 Å². The molecule has 5 nitrogen and oxygen atoms in total. The second-order valence-corrected chi connectivity index (χ2v) is 7.26. The lowest BCUT2D eigenvalue weighted by atomic mass is 10.0. The van der Waals surface area contributed by atoms with Crippen molar-refractivity contribution >= 4 is 34.7 Å². The summed E-state index contributed by atoms with van der Waals surface area (Å²) in [6.45, 7) is 1.90. The number of amides is 2. The number of hydrogen-bond donors (Lipinski definition) is 1. The number of aromatic nitrogens is 1. The van der Waals surface area contributed by atoms with Gasteiger partial charge in [0.05, 0.1) is 12.1 Å². The molecule has 30 heavy (non-hydrogen) atoms. The largest absolute Gasteiger partial charge is 0.350 e. The SMILES string of the molecule is Cc1c(Cl)cccc1NC1=C(c2ccc(F)cc2)C(=O)N(Cc2cccnc2)C1=O. The maximum Gasteiger partial charge on any atom is 0.278 e. The van der Waals surface area contributed by atoms with Crippen molar-refractivity contribution < 1.29 is 14.0 Å². The number of rotatable bonds is 5. The van der Waals surface area contributed by atoms with Crippen LogP contribution in [0.3, 0.4) is 0 Å². The predicted molar refractivity (Wildman–Crippen MR) is 113 cm³/mol. The minimum absolute atomic E-state index is 0.0793. The first kappa shape index (κ1) is 19.8. The Balaban J connectivity index is 1.77. The predicted octanol–water partition coefficient (Wildman–Crippen LogP) is 4.57. The topological polar surface area (TPSA) is 62.3 Å². The average molecular weight is 422 g/mol. The van der Waals surface area contributed by atoms with E-state index in [0.717, 1.165) is 16.0 Å². The van der Waals surface area contributed by atoms with E-state index < -0.39 is 17.6 Å². The van der Waals surface area contributed by atoms with Gasteiger partial charge in [-0.05, 0) is 53.9 Å². The van der Waals surface area contributed by atoms with E-state index in [0.29, 0.717) is 16.3 Å². The Hall–Kier alpha value is -3.51. The van der Waals surface area contributed by atoms with Crippen molar-refractivity contribution in [2.45, 2.75) is 13.5 Å². The molecule has 150 valence electrons. The number of nitrogens with zero attached hydrogens (tertiary/aromatic N) is 2. The lowest BCUT2D eigenvalue weighted by Crippen LogP contribution is -2.32. The van der Waals surface area contributed by atoms with Gasteiger partial charge in [0.1, 0.15) is 11.5 Å². The highest BCUT2D eigenvalue weighted by Gasteiger charge is 2.39. The number of carbonyl (C=O) groups excluding carboxylic acids is 2. The number of pyridine rings is 1. The summed E-state index contributed by atoms with van der Waals surface area (Å²) in [5, 5.41) is 3.62. The van der Waals surface area contributed by atoms with Crippen LogP contribution in [-0.4, -0.2) is 21.7 Å². The van der Waals surface area contributed by atoms with Crippen molar-refractivity contribution in [1.82, 2.24) is 9.88 Å². The van der Waals surface area contributed by atoms with Crippen LogP contribution < -0.4 is 5.32 Å². The number of imide groups is 1. The lowest BCUT2D eigenvalue weighted by Gasteiger charge is -2.15. The molecule has 3 aromatic rings. The van der Waals surface area contributed by atoms with Crippen LogP contribution in [0.1, 0.15) is 16.7 Å². The van der Waals surface area contributed by atoms with Crippen molar-refractivity contribution in [2.24, 2.45) is 0 Å². The van der Waals surface area contributed by atoms with E-state index in [1.54, 1.807) is 42.7 Å². The molecule has 0 saturated heterocycles. The van der Waals surface area contributed by atoms with Gasteiger partial charge in [0, 0.05) is 23.1 Å². The fourth-order valence-corrected chi connectivity index (χ4v) is 3.45. The number of halogens is 2. The highest BCUT2D eigenvalue weighted by Crippen LogP contribution is 2.33. The minimum atomic E-state index is -0.470. The van der Waals surface area contributed by atoms with Crippen LogP contribution in [0.25, 0.3) is 5.57 Å². The van der Waals surface area contributed by atoms with E-state index in [1.807, 2.05) is 6.92 Å². The highest BCUT2D eigenvalue weighted by molar-refractivity contribution is 6.36. The van der Waals surface area contributed by atoms with Crippen LogP contribution in [0.2, 0.25) is 5.02 Å². The Morgan fingerprint density at radius 1 is 1.03 bits per heavy atom. The average Bonchev–Trinajstić information content (AvgIpc) is 2.97. The fourth-order valence-electron chi connectivity index (χ4n) is 3.27. The summed E-state index contributed by atoms with van der Waals surface area (Å²) < 4.78 is 13.4. The number of anilines is 1. The zero-order valence-corrected chi connectivity index (χ0v) is 16.8. The Morgan fingerprint density at radius 3 is 2.50 bits per heavy atom. The van der Waals surface area contributed by atoms with Gasteiger partial charge in [-0.25, -0.2) is 4.39 Å². The Kier molecular flexibility index (Phi) is 5.33. The maximum atomic E-state index is 13.4. The van der Waals surface area contributed by atoms with E-state index in [-0.39, 0.29) is 17.8 Å². The first-order valence-corrected chi connectivity index (χ1v) is 9.61. The summed E-state index contributed by atoms with van der Waals surface area (Å²) in [6.07, 6.45) is 3.22. The molecule has 1 N–H and O–H groups in total. The number of carbonyl (C=O) groups is 2. The van der Waals surface area contributed by atoms with E-state index in [9.17, 15) is 14.0 Å². The number of nitrogens with one attached hydrogen (secondary N) is 1. The van der Waals surface area contributed by atoms with E-state index in [1.165, 1.54) is 24.3 Å². The van der Waals surface area contributed by atoms with Gasteiger partial charge >= 0.3 is 0 Å². The third kappa shape index (κ3) is 3.69. The lowest BCUT2D eigenvalue weighted by molar-refractivity contribution is -0.137. The van der Waals surface area contributed by atoms with Crippen molar-refractivity contribution in [3.8, 4) is 0 Å². The van der Waals surface area contributed by atoms with Crippen LogP contribution in [0.15, 0.2) is 72.7 Å². The van der Waals surface area contributed by atoms with Crippen molar-refractivity contribution in [1.29, 1.82) is 0 Å². The molecule has 1 aliphatic rings. The molecule has 0 atom stereocenters. The molecule has 0 aliphatic carbocycles. The number of benzene rings is 2. The highest BCUT2D eigenvalue weighted by atomic mass is 35.5. The summed E-state index contributed by atoms with van der Waals surface area (Å²) in [4.78, 5) is 31.6. The summed E-state index contributed by atoms with van der Waals surface area (Å²) in [6, 6.07) is 14.3. The first-order chi connectivity index (χ1) is 14.5. The van der Waals surface area contributed by atoms with Gasteiger partial charge in [-0.15, -0.1) is 0 Å². The zero-order valence-electron chi connectivity index (χ0n) is 16.0. The van der Waals surface area contributed by atoms with Gasteiger partial charge in [0.25, 0.3) is 11.8 Å². The third-order valence-electron chi connectivity index (χ3n) is 4.89. The van der Waals surface area contributed by atoms with Crippen LogP contribution >= 0.6 is 11.6 Å². The molecule has 2 heterocycles. The molecule has 0 unspecified atom stereocenters. The molecular weight excluding hydrogens is 405 g/mol. The maximum absolute atomic E-state index is 13.4. The molecule has 0 radical (unpaired) electrons. The molecule has 2 amide bonds. The van der Waals surface area contributed by atoms with Crippen LogP contribution in [-0.2, 0) is 16.1 Å². The smallest absolute Gasteiger partial charge is 0.278 e. The standard InChI is InChI=1S/C23H17ClFN3O2/c1-14-18(24)5-2-6-19(14)27-21-20(16-7-9-17(25)10-8-16)22(29)28(23(21)30)13-15-4-3-11-26-12-15/h2-12,27H,13H2,1H3. The molecule has 2 aromatic carbocycles. The monoisotopic (exact) mass is 421 g/mol. The molecule has 0 saturated carbocycles. The molecule has 7 heteroatoms. The van der Waals surface area contributed by atoms with E-state index >= 15 is 0 Å². The third-order valence-corrected chi connectivity index (χ3v) is 5.30. The van der Waals surface area contributed by atoms with E-state index in [2.05, 4.69) is 10.3 Å². The Morgan fingerprint density at radius 2 is 1.80 bits per heavy atom. The normalized spacial score (nSPS) is 13.9. The molecule has 0 bridgehead atoms. The second kappa shape index (κ2) is 8.08. The molecule has 0 spiro atoms. The Bertz CT molecular complexity index is 1160. The van der Waals surface area contributed by atoms with Gasteiger partial charge < -0.3 is 5.32 Å². The fraction of sp³-hybridized carbons (Fsp3) is 0.0870. The molecule has 1 aromatic heterocycles. The minimum Gasteiger partial charge on any atom is -0.350 e. The first-order valence-electron chi connectivity index (χ1n) is 9.23. The summed E-state index contributed by atoms with van der Waals surface area (Å²) >= 11 is 6.20. The van der Waals surface area contributed by atoms with Crippen LogP contribution in [0, 0.1) is 12.7 Å². The van der Waals surface area contributed by atoms with Crippen LogP contribution in [0.5, 0.6) is 0 Å².